The van der Waals surface area contributed by atoms with Crippen molar-refractivity contribution in [2.75, 3.05) is 12.3 Å². The van der Waals surface area contributed by atoms with E-state index in [2.05, 4.69) is 0 Å². The number of nitrogens with zero attached hydrogens (tertiary/aromatic N) is 1. The monoisotopic (exact) mass is 249 g/mol. The smallest absolute Gasteiger partial charge is 0.256 e. The van der Waals surface area contributed by atoms with Gasteiger partial charge in [0.05, 0.1) is 5.25 Å². The summed E-state index contributed by atoms with van der Waals surface area (Å²) in [4.78, 5) is 13.9. The van der Waals surface area contributed by atoms with Gasteiger partial charge in [0.15, 0.2) is 5.72 Å². The van der Waals surface area contributed by atoms with Crippen LogP contribution in [0.3, 0.4) is 0 Å². The minimum Gasteiger partial charge on any atom is -0.366 e. The van der Waals surface area contributed by atoms with Gasteiger partial charge in [-0.3, -0.25) is 4.79 Å². The summed E-state index contributed by atoms with van der Waals surface area (Å²) in [5, 5.41) is 11.0. The van der Waals surface area contributed by atoms with Crippen LogP contribution < -0.4 is 0 Å². The average Bonchev–Trinajstić information content (AvgIpc) is 2.47. The molecule has 1 aromatic rings. The summed E-state index contributed by atoms with van der Waals surface area (Å²) in [6.07, 6.45) is 0.942. The number of carbonyl (C=O) groups excluding carboxylic acids is 1. The van der Waals surface area contributed by atoms with Crippen LogP contribution in [0.5, 0.6) is 0 Å². The minimum atomic E-state index is -1.12. The maximum atomic E-state index is 12.3. The van der Waals surface area contributed by atoms with Gasteiger partial charge in [-0.25, -0.2) is 0 Å². The lowest BCUT2D eigenvalue weighted by Gasteiger charge is -2.36. The maximum Gasteiger partial charge on any atom is 0.256 e. The van der Waals surface area contributed by atoms with Gasteiger partial charge >= 0.3 is 0 Å². The van der Waals surface area contributed by atoms with Crippen molar-refractivity contribution < 1.29 is 9.90 Å². The van der Waals surface area contributed by atoms with Gasteiger partial charge in [0.1, 0.15) is 0 Å². The third kappa shape index (κ3) is 1.37. The summed E-state index contributed by atoms with van der Waals surface area (Å²) >= 11 is 1.74. The molecule has 0 saturated carbocycles. The molecule has 3 rings (SSSR count). The predicted molar refractivity (Wildman–Crippen MR) is 67.9 cm³/mol. The SMILES string of the molecule is C[C@@H]1SCCCN2C(=O)c3ccccc3[C@]12O. The zero-order valence-electron chi connectivity index (χ0n) is 9.72. The van der Waals surface area contributed by atoms with Crippen molar-refractivity contribution >= 4 is 17.7 Å². The van der Waals surface area contributed by atoms with E-state index >= 15 is 0 Å². The number of carbonyl (C=O) groups is 1. The third-order valence-corrected chi connectivity index (χ3v) is 5.02. The Bertz CT molecular complexity index is 476. The number of amides is 1. The molecule has 0 bridgehead atoms. The van der Waals surface area contributed by atoms with Crippen molar-refractivity contribution in [3.63, 3.8) is 0 Å². The van der Waals surface area contributed by atoms with Crippen molar-refractivity contribution in [3.8, 4) is 0 Å². The van der Waals surface area contributed by atoms with Gasteiger partial charge < -0.3 is 10.0 Å². The molecule has 2 aliphatic heterocycles. The average molecular weight is 249 g/mol. The van der Waals surface area contributed by atoms with Crippen molar-refractivity contribution in [2.45, 2.75) is 24.3 Å². The number of hydrogen-bond acceptors (Lipinski definition) is 3. The van der Waals surface area contributed by atoms with E-state index < -0.39 is 5.72 Å². The maximum absolute atomic E-state index is 12.3. The second kappa shape index (κ2) is 3.75. The first kappa shape index (κ1) is 11.1. The molecule has 0 aromatic heterocycles. The van der Waals surface area contributed by atoms with Crippen LogP contribution >= 0.6 is 11.8 Å². The number of thioether (sulfide) groups is 1. The highest BCUT2D eigenvalue weighted by Gasteiger charge is 2.52. The molecule has 1 N–H and O–H groups in total. The molecule has 0 unspecified atom stereocenters. The fourth-order valence-corrected chi connectivity index (χ4v) is 3.88. The Kier molecular flexibility index (Phi) is 2.45. The second-order valence-corrected chi connectivity index (χ2v) is 6.04. The highest BCUT2D eigenvalue weighted by Crippen LogP contribution is 2.45. The lowest BCUT2D eigenvalue weighted by Crippen LogP contribution is -2.49. The Labute approximate surface area is 105 Å². The van der Waals surface area contributed by atoms with Crippen molar-refractivity contribution in [3.05, 3.63) is 35.4 Å². The molecular weight excluding hydrogens is 234 g/mol. The van der Waals surface area contributed by atoms with Gasteiger partial charge in [-0.05, 0) is 25.2 Å². The van der Waals surface area contributed by atoms with Gasteiger partial charge in [0.2, 0.25) is 0 Å². The zero-order valence-corrected chi connectivity index (χ0v) is 10.5. The molecule has 2 aliphatic rings. The molecule has 2 heterocycles. The first-order valence-electron chi connectivity index (χ1n) is 5.91. The molecule has 1 fully saturated rings. The Morgan fingerprint density at radius 2 is 2.24 bits per heavy atom. The molecule has 2 atom stereocenters. The molecular formula is C13H15NO2S. The fourth-order valence-electron chi connectivity index (χ4n) is 2.75. The lowest BCUT2D eigenvalue weighted by molar-refractivity contribution is -0.0800. The molecule has 1 saturated heterocycles. The van der Waals surface area contributed by atoms with E-state index in [1.165, 1.54) is 0 Å². The van der Waals surface area contributed by atoms with Crippen LogP contribution in [-0.4, -0.2) is 33.5 Å². The standard InChI is InChI=1S/C13H15NO2S/c1-9-13(16)11-6-3-2-5-10(11)12(15)14(13)7-4-8-17-9/h2-3,5-6,9,16H,4,7-8H2,1H3/t9-,13+/m0/s1. The van der Waals surface area contributed by atoms with E-state index in [4.69, 9.17) is 0 Å². The number of fused-ring (bicyclic) bond motifs is 3. The van der Waals surface area contributed by atoms with Crippen LogP contribution in [0.15, 0.2) is 24.3 Å². The quantitative estimate of drug-likeness (QED) is 0.762. The fraction of sp³-hybridized carbons (Fsp3) is 0.462. The first-order chi connectivity index (χ1) is 8.15. The van der Waals surface area contributed by atoms with E-state index in [0.29, 0.717) is 12.1 Å². The van der Waals surface area contributed by atoms with Crippen molar-refractivity contribution in [2.24, 2.45) is 0 Å². The van der Waals surface area contributed by atoms with E-state index in [1.807, 2.05) is 31.2 Å². The van der Waals surface area contributed by atoms with Crippen molar-refractivity contribution in [1.29, 1.82) is 0 Å². The Morgan fingerprint density at radius 1 is 1.47 bits per heavy atom. The van der Waals surface area contributed by atoms with Crippen LogP contribution in [0.2, 0.25) is 0 Å². The van der Waals surface area contributed by atoms with Crippen LogP contribution in [0.25, 0.3) is 0 Å². The summed E-state index contributed by atoms with van der Waals surface area (Å²) in [5.74, 6) is 0.965. The number of benzene rings is 1. The normalized spacial score (nSPS) is 32.0. The second-order valence-electron chi connectivity index (χ2n) is 4.60. The Balaban J connectivity index is 2.19. The van der Waals surface area contributed by atoms with E-state index in [-0.39, 0.29) is 11.2 Å². The van der Waals surface area contributed by atoms with Crippen molar-refractivity contribution in [1.82, 2.24) is 4.90 Å². The third-order valence-electron chi connectivity index (χ3n) is 3.67. The molecule has 0 aliphatic carbocycles. The molecule has 1 aromatic carbocycles. The molecule has 3 nitrogen and oxygen atoms in total. The van der Waals surface area contributed by atoms with Gasteiger partial charge in [0.25, 0.3) is 5.91 Å². The first-order valence-corrected chi connectivity index (χ1v) is 6.96. The summed E-state index contributed by atoms with van der Waals surface area (Å²) < 4.78 is 0. The number of aliphatic hydroxyl groups is 1. The molecule has 1 amide bonds. The molecule has 0 radical (unpaired) electrons. The topological polar surface area (TPSA) is 40.5 Å². The van der Waals surface area contributed by atoms with Gasteiger partial charge in [-0.15, -0.1) is 0 Å². The Morgan fingerprint density at radius 3 is 3.06 bits per heavy atom. The molecule has 90 valence electrons. The number of rotatable bonds is 0. The number of hydrogen-bond donors (Lipinski definition) is 1. The van der Waals surface area contributed by atoms with E-state index in [0.717, 1.165) is 17.7 Å². The van der Waals surface area contributed by atoms with Gasteiger partial charge in [-0.1, -0.05) is 18.2 Å². The summed E-state index contributed by atoms with van der Waals surface area (Å²) in [6, 6.07) is 7.41. The summed E-state index contributed by atoms with van der Waals surface area (Å²) in [7, 11) is 0. The Hall–Kier alpha value is -1.00. The highest BCUT2D eigenvalue weighted by molar-refractivity contribution is 7.99. The molecule has 0 spiro atoms. The summed E-state index contributed by atoms with van der Waals surface area (Å²) in [5.41, 5.74) is 0.311. The van der Waals surface area contributed by atoms with Crippen LogP contribution in [0.1, 0.15) is 29.3 Å². The molecule has 17 heavy (non-hydrogen) atoms. The van der Waals surface area contributed by atoms with Gasteiger partial charge in [0, 0.05) is 17.7 Å². The predicted octanol–water partition coefficient (Wildman–Crippen LogP) is 1.81. The van der Waals surface area contributed by atoms with E-state index in [1.54, 1.807) is 16.7 Å². The zero-order chi connectivity index (χ0) is 12.0. The lowest BCUT2D eigenvalue weighted by atomic mass is 9.98. The summed E-state index contributed by atoms with van der Waals surface area (Å²) in [6.45, 7) is 2.64. The van der Waals surface area contributed by atoms with E-state index in [9.17, 15) is 9.90 Å². The van der Waals surface area contributed by atoms with Gasteiger partial charge in [-0.2, -0.15) is 11.8 Å². The highest BCUT2D eigenvalue weighted by atomic mass is 32.2. The minimum absolute atomic E-state index is 0.0117. The van der Waals surface area contributed by atoms with Crippen LogP contribution in [0.4, 0.5) is 0 Å². The largest absolute Gasteiger partial charge is 0.366 e. The van der Waals surface area contributed by atoms with Crippen LogP contribution in [-0.2, 0) is 5.72 Å². The molecule has 4 heteroatoms. The van der Waals surface area contributed by atoms with Crippen LogP contribution in [0, 0.1) is 0 Å².